The lowest BCUT2D eigenvalue weighted by atomic mass is 10.1. The minimum absolute atomic E-state index is 0.0682. The first kappa shape index (κ1) is 20.8. The number of anilines is 1. The third-order valence-electron chi connectivity index (χ3n) is 5.89. The molecule has 3 aromatic rings. The molecular formula is C25H28N4O2. The number of amides is 1. The van der Waals surface area contributed by atoms with Gasteiger partial charge in [0.05, 0.1) is 5.69 Å². The number of aryl methyl sites for hydroxylation is 3. The summed E-state index contributed by atoms with van der Waals surface area (Å²) in [7, 11) is 0. The summed E-state index contributed by atoms with van der Waals surface area (Å²) in [5.41, 5.74) is 4.73. The van der Waals surface area contributed by atoms with E-state index in [0.717, 1.165) is 41.2 Å². The Bertz CT molecular complexity index is 1170. The Morgan fingerprint density at radius 2 is 1.71 bits per heavy atom. The smallest absolute Gasteiger partial charge is 0.271 e. The molecule has 6 nitrogen and oxygen atoms in total. The molecule has 160 valence electrons. The number of benzene rings is 2. The topological polar surface area (TPSA) is 58.4 Å². The van der Waals surface area contributed by atoms with Gasteiger partial charge in [0.1, 0.15) is 5.82 Å². The van der Waals surface area contributed by atoms with Gasteiger partial charge in [0.2, 0.25) is 0 Å². The quantitative estimate of drug-likeness (QED) is 0.656. The van der Waals surface area contributed by atoms with Crippen molar-refractivity contribution in [2.45, 2.75) is 27.2 Å². The van der Waals surface area contributed by atoms with Gasteiger partial charge in [0, 0.05) is 37.8 Å². The van der Waals surface area contributed by atoms with Crippen LogP contribution in [0.2, 0.25) is 0 Å². The molecule has 1 aliphatic heterocycles. The Balaban J connectivity index is 1.54. The van der Waals surface area contributed by atoms with E-state index in [1.165, 1.54) is 10.2 Å². The molecule has 2 aromatic carbocycles. The van der Waals surface area contributed by atoms with Crippen LogP contribution in [0.25, 0.3) is 5.69 Å². The molecule has 31 heavy (non-hydrogen) atoms. The molecule has 1 amide bonds. The molecule has 0 aliphatic carbocycles. The van der Waals surface area contributed by atoms with E-state index in [0.29, 0.717) is 19.6 Å². The summed E-state index contributed by atoms with van der Waals surface area (Å²) in [5.74, 6) is 0.821. The Kier molecular flexibility index (Phi) is 5.89. The number of aromatic nitrogens is 2. The van der Waals surface area contributed by atoms with E-state index in [1.807, 2.05) is 68.1 Å². The van der Waals surface area contributed by atoms with Crippen LogP contribution >= 0.6 is 0 Å². The van der Waals surface area contributed by atoms with E-state index in [2.05, 4.69) is 10.00 Å². The van der Waals surface area contributed by atoms with Crippen LogP contribution in [0.4, 0.5) is 5.82 Å². The van der Waals surface area contributed by atoms with Crippen molar-refractivity contribution in [2.75, 3.05) is 31.1 Å². The summed E-state index contributed by atoms with van der Waals surface area (Å²) >= 11 is 0. The number of hydrogen-bond acceptors (Lipinski definition) is 4. The number of nitrogens with zero attached hydrogens (tertiary/aromatic N) is 4. The second kappa shape index (κ2) is 8.76. The van der Waals surface area contributed by atoms with E-state index in [-0.39, 0.29) is 11.5 Å². The molecule has 2 heterocycles. The average Bonchev–Trinajstić information content (AvgIpc) is 3.02. The molecule has 1 aromatic heterocycles. The summed E-state index contributed by atoms with van der Waals surface area (Å²) < 4.78 is 1.46. The SMILES string of the molecule is Cc1cccc(C(=O)N2CCCN(c3ccc(=O)n(-c4ccc(C)c(C)c4)n3)CC2)c1. The molecule has 0 spiro atoms. The van der Waals surface area contributed by atoms with Crippen LogP contribution in [0.3, 0.4) is 0 Å². The van der Waals surface area contributed by atoms with Crippen LogP contribution in [0.5, 0.6) is 0 Å². The normalized spacial score (nSPS) is 14.4. The molecule has 6 heteroatoms. The first-order chi connectivity index (χ1) is 14.9. The number of rotatable bonds is 3. The second-order valence-corrected chi connectivity index (χ2v) is 8.21. The largest absolute Gasteiger partial charge is 0.353 e. The first-order valence-corrected chi connectivity index (χ1v) is 10.7. The Morgan fingerprint density at radius 3 is 2.48 bits per heavy atom. The summed E-state index contributed by atoms with van der Waals surface area (Å²) in [6, 6.07) is 17.0. The van der Waals surface area contributed by atoms with Crippen molar-refractivity contribution in [3.05, 3.63) is 87.2 Å². The van der Waals surface area contributed by atoms with E-state index < -0.39 is 0 Å². The third kappa shape index (κ3) is 4.53. The maximum absolute atomic E-state index is 12.9. The van der Waals surface area contributed by atoms with E-state index >= 15 is 0 Å². The van der Waals surface area contributed by atoms with Gasteiger partial charge in [-0.15, -0.1) is 5.10 Å². The highest BCUT2D eigenvalue weighted by molar-refractivity contribution is 5.94. The van der Waals surface area contributed by atoms with Crippen LogP contribution < -0.4 is 10.5 Å². The number of carbonyl (C=O) groups is 1. The zero-order chi connectivity index (χ0) is 22.0. The molecular weight excluding hydrogens is 388 g/mol. The van der Waals surface area contributed by atoms with Gasteiger partial charge in [-0.25, -0.2) is 0 Å². The lowest BCUT2D eigenvalue weighted by Gasteiger charge is -2.23. The van der Waals surface area contributed by atoms with Crippen LogP contribution in [-0.2, 0) is 0 Å². The molecule has 0 N–H and O–H groups in total. The standard InChI is InChI=1S/C25H28N4O2/c1-18-6-4-7-21(16-18)25(31)28-13-5-12-27(14-15-28)23-10-11-24(30)29(26-23)22-9-8-19(2)20(3)17-22/h4,6-11,16-17H,5,12-15H2,1-3H3. The lowest BCUT2D eigenvalue weighted by molar-refractivity contribution is 0.0767. The summed E-state index contributed by atoms with van der Waals surface area (Å²) in [6.45, 7) is 8.87. The molecule has 0 atom stereocenters. The Labute approximate surface area is 182 Å². The summed E-state index contributed by atoms with van der Waals surface area (Å²) in [4.78, 5) is 29.5. The fraction of sp³-hybridized carbons (Fsp3) is 0.320. The van der Waals surface area contributed by atoms with Gasteiger partial charge in [0.15, 0.2) is 0 Å². The zero-order valence-electron chi connectivity index (χ0n) is 18.3. The van der Waals surface area contributed by atoms with Crippen molar-refractivity contribution in [3.63, 3.8) is 0 Å². The maximum Gasteiger partial charge on any atom is 0.271 e. The monoisotopic (exact) mass is 416 g/mol. The fourth-order valence-electron chi connectivity index (χ4n) is 3.92. The van der Waals surface area contributed by atoms with Crippen molar-refractivity contribution >= 4 is 11.7 Å². The minimum atomic E-state index is -0.155. The minimum Gasteiger partial charge on any atom is -0.353 e. The Hall–Kier alpha value is -3.41. The molecule has 0 unspecified atom stereocenters. The molecule has 0 saturated carbocycles. The van der Waals surface area contributed by atoms with Crippen molar-refractivity contribution in [2.24, 2.45) is 0 Å². The Morgan fingerprint density at radius 1 is 0.871 bits per heavy atom. The molecule has 0 radical (unpaired) electrons. The average molecular weight is 417 g/mol. The van der Waals surface area contributed by atoms with Crippen LogP contribution in [-0.4, -0.2) is 46.8 Å². The first-order valence-electron chi connectivity index (χ1n) is 10.7. The predicted octanol–water partition coefficient (Wildman–Crippen LogP) is 3.51. The predicted molar refractivity (Wildman–Crippen MR) is 123 cm³/mol. The number of carbonyl (C=O) groups excluding carboxylic acids is 1. The highest BCUT2D eigenvalue weighted by Crippen LogP contribution is 2.17. The second-order valence-electron chi connectivity index (χ2n) is 8.21. The summed E-state index contributed by atoms with van der Waals surface area (Å²) in [5, 5.41) is 4.64. The fourth-order valence-corrected chi connectivity index (χ4v) is 3.92. The van der Waals surface area contributed by atoms with Crippen molar-refractivity contribution in [3.8, 4) is 5.69 Å². The highest BCUT2D eigenvalue weighted by Gasteiger charge is 2.21. The van der Waals surface area contributed by atoms with Gasteiger partial charge in [0.25, 0.3) is 11.5 Å². The molecule has 0 bridgehead atoms. The van der Waals surface area contributed by atoms with Crippen molar-refractivity contribution in [1.29, 1.82) is 0 Å². The van der Waals surface area contributed by atoms with E-state index in [1.54, 1.807) is 12.1 Å². The van der Waals surface area contributed by atoms with Crippen LogP contribution in [0, 0.1) is 20.8 Å². The van der Waals surface area contributed by atoms with Gasteiger partial charge in [-0.05, 0) is 68.7 Å². The summed E-state index contributed by atoms with van der Waals surface area (Å²) in [6.07, 6.45) is 0.849. The molecule has 4 rings (SSSR count). The van der Waals surface area contributed by atoms with Crippen molar-refractivity contribution < 1.29 is 4.79 Å². The molecule has 1 aliphatic rings. The highest BCUT2D eigenvalue weighted by atomic mass is 16.2. The van der Waals surface area contributed by atoms with Gasteiger partial charge < -0.3 is 9.80 Å². The molecule has 1 saturated heterocycles. The lowest BCUT2D eigenvalue weighted by Crippen LogP contribution is -2.36. The maximum atomic E-state index is 12.9. The van der Waals surface area contributed by atoms with Crippen LogP contribution in [0.1, 0.15) is 33.5 Å². The molecule has 1 fully saturated rings. The van der Waals surface area contributed by atoms with Gasteiger partial charge in [-0.1, -0.05) is 23.8 Å². The zero-order valence-corrected chi connectivity index (χ0v) is 18.3. The van der Waals surface area contributed by atoms with Crippen LogP contribution in [0.15, 0.2) is 59.4 Å². The van der Waals surface area contributed by atoms with Gasteiger partial charge >= 0.3 is 0 Å². The van der Waals surface area contributed by atoms with Crippen molar-refractivity contribution in [1.82, 2.24) is 14.7 Å². The number of hydrogen-bond donors (Lipinski definition) is 0. The van der Waals surface area contributed by atoms with E-state index in [9.17, 15) is 9.59 Å². The third-order valence-corrected chi connectivity index (χ3v) is 5.89. The van der Waals surface area contributed by atoms with E-state index in [4.69, 9.17) is 0 Å². The van der Waals surface area contributed by atoms with Gasteiger partial charge in [-0.2, -0.15) is 4.68 Å². The van der Waals surface area contributed by atoms with Gasteiger partial charge in [-0.3, -0.25) is 9.59 Å².